The number of rotatable bonds is 6. The molecule has 0 amide bonds. The summed E-state index contributed by atoms with van der Waals surface area (Å²) in [6.07, 6.45) is 1.08. The van der Waals surface area contributed by atoms with Crippen molar-refractivity contribution in [3.63, 3.8) is 0 Å². The number of likely N-dealkylation sites (N-methyl/N-ethyl adjacent to an activating group) is 1. The lowest BCUT2D eigenvalue weighted by Crippen LogP contribution is -2.29. The van der Waals surface area contributed by atoms with E-state index in [1.807, 2.05) is 13.8 Å². The van der Waals surface area contributed by atoms with Crippen LogP contribution in [0.25, 0.3) is 0 Å². The van der Waals surface area contributed by atoms with Crippen LogP contribution in [0.2, 0.25) is 5.28 Å². The Labute approximate surface area is 99.4 Å². The standard InChI is InChI=1S/C10H15ClFN3O/c1-3-15(5-6-16-4-2)9-8(12)7-13-10(11)14-9/h7H,3-6H2,1-2H3. The molecular weight excluding hydrogens is 233 g/mol. The second-order valence-corrected chi connectivity index (χ2v) is 3.43. The zero-order chi connectivity index (χ0) is 12.0. The molecule has 0 saturated heterocycles. The highest BCUT2D eigenvalue weighted by molar-refractivity contribution is 6.28. The van der Waals surface area contributed by atoms with E-state index < -0.39 is 5.82 Å². The molecule has 0 aliphatic carbocycles. The Morgan fingerprint density at radius 1 is 1.50 bits per heavy atom. The molecule has 1 aromatic rings. The van der Waals surface area contributed by atoms with Crippen LogP contribution in [-0.4, -0.2) is 36.3 Å². The number of ether oxygens (including phenoxy) is 1. The Bertz CT molecular complexity index is 338. The Kier molecular flexibility index (Phi) is 5.42. The highest BCUT2D eigenvalue weighted by atomic mass is 35.5. The largest absolute Gasteiger partial charge is 0.380 e. The van der Waals surface area contributed by atoms with Crippen LogP contribution in [0.3, 0.4) is 0 Å². The third-order valence-corrected chi connectivity index (χ3v) is 2.27. The molecule has 0 aliphatic heterocycles. The minimum absolute atomic E-state index is 0.0475. The molecular formula is C10H15ClFN3O. The second kappa shape index (κ2) is 6.60. The maximum Gasteiger partial charge on any atom is 0.224 e. The first-order valence-corrected chi connectivity index (χ1v) is 5.57. The molecule has 16 heavy (non-hydrogen) atoms. The third kappa shape index (κ3) is 3.57. The van der Waals surface area contributed by atoms with Crippen molar-refractivity contribution in [3.05, 3.63) is 17.3 Å². The maximum absolute atomic E-state index is 13.4. The fraction of sp³-hybridized carbons (Fsp3) is 0.600. The molecule has 0 bridgehead atoms. The number of aromatic nitrogens is 2. The van der Waals surface area contributed by atoms with Gasteiger partial charge in [0.15, 0.2) is 11.6 Å². The van der Waals surface area contributed by atoms with Crippen LogP contribution in [0.1, 0.15) is 13.8 Å². The van der Waals surface area contributed by atoms with Gasteiger partial charge in [0.2, 0.25) is 5.28 Å². The zero-order valence-electron chi connectivity index (χ0n) is 9.41. The lowest BCUT2D eigenvalue weighted by atomic mass is 10.4. The lowest BCUT2D eigenvalue weighted by molar-refractivity contribution is 0.153. The van der Waals surface area contributed by atoms with Crippen molar-refractivity contribution >= 4 is 17.4 Å². The van der Waals surface area contributed by atoms with Crippen molar-refractivity contribution in [3.8, 4) is 0 Å². The van der Waals surface area contributed by atoms with Gasteiger partial charge < -0.3 is 9.64 Å². The molecule has 0 saturated carbocycles. The summed E-state index contributed by atoms with van der Waals surface area (Å²) in [6.45, 7) is 6.22. The van der Waals surface area contributed by atoms with E-state index in [-0.39, 0.29) is 11.1 Å². The molecule has 0 aromatic carbocycles. The van der Waals surface area contributed by atoms with Crippen LogP contribution < -0.4 is 4.90 Å². The van der Waals surface area contributed by atoms with Gasteiger partial charge in [-0.3, -0.25) is 0 Å². The van der Waals surface area contributed by atoms with Gasteiger partial charge in [0.25, 0.3) is 0 Å². The smallest absolute Gasteiger partial charge is 0.224 e. The summed E-state index contributed by atoms with van der Waals surface area (Å²) in [5.74, 6) is -0.245. The first kappa shape index (κ1) is 13.1. The number of hydrogen-bond acceptors (Lipinski definition) is 4. The first-order chi connectivity index (χ1) is 7.69. The summed E-state index contributed by atoms with van der Waals surface area (Å²) < 4.78 is 18.7. The predicted molar refractivity (Wildman–Crippen MR) is 61.4 cm³/mol. The molecule has 0 atom stereocenters. The van der Waals surface area contributed by atoms with Crippen LogP contribution in [0.15, 0.2) is 6.20 Å². The molecule has 1 heterocycles. The average Bonchev–Trinajstić information content (AvgIpc) is 2.28. The van der Waals surface area contributed by atoms with Gasteiger partial charge in [-0.1, -0.05) is 0 Å². The van der Waals surface area contributed by atoms with Crippen molar-refractivity contribution in [2.75, 3.05) is 31.2 Å². The summed E-state index contributed by atoms with van der Waals surface area (Å²) in [6, 6.07) is 0. The molecule has 1 aromatic heterocycles. The monoisotopic (exact) mass is 247 g/mol. The summed E-state index contributed by atoms with van der Waals surface area (Å²) in [5, 5.41) is 0.0475. The van der Waals surface area contributed by atoms with Crippen molar-refractivity contribution in [1.29, 1.82) is 0 Å². The van der Waals surface area contributed by atoms with E-state index in [4.69, 9.17) is 16.3 Å². The van der Waals surface area contributed by atoms with Crippen LogP contribution in [0.4, 0.5) is 10.2 Å². The van der Waals surface area contributed by atoms with E-state index in [0.29, 0.717) is 26.3 Å². The summed E-state index contributed by atoms with van der Waals surface area (Å²) in [7, 11) is 0. The van der Waals surface area contributed by atoms with Crippen LogP contribution in [0, 0.1) is 5.82 Å². The third-order valence-electron chi connectivity index (χ3n) is 2.09. The SMILES string of the molecule is CCOCCN(CC)c1nc(Cl)ncc1F. The summed E-state index contributed by atoms with van der Waals surface area (Å²) in [5.41, 5.74) is 0. The average molecular weight is 248 g/mol. The Balaban J connectivity index is 2.73. The van der Waals surface area contributed by atoms with Crippen LogP contribution in [0.5, 0.6) is 0 Å². The topological polar surface area (TPSA) is 38.2 Å². The molecule has 0 unspecified atom stereocenters. The fourth-order valence-corrected chi connectivity index (χ4v) is 1.42. The van der Waals surface area contributed by atoms with Crippen molar-refractivity contribution in [1.82, 2.24) is 9.97 Å². The number of halogens is 2. The van der Waals surface area contributed by atoms with E-state index >= 15 is 0 Å². The lowest BCUT2D eigenvalue weighted by Gasteiger charge is -2.21. The number of hydrogen-bond donors (Lipinski definition) is 0. The van der Waals surface area contributed by atoms with Gasteiger partial charge in [0, 0.05) is 19.7 Å². The minimum atomic E-state index is -0.470. The first-order valence-electron chi connectivity index (χ1n) is 5.19. The molecule has 0 N–H and O–H groups in total. The number of anilines is 1. The molecule has 0 spiro atoms. The molecule has 0 radical (unpaired) electrons. The van der Waals surface area contributed by atoms with Gasteiger partial charge in [-0.25, -0.2) is 9.37 Å². The Morgan fingerprint density at radius 3 is 2.88 bits per heavy atom. The van der Waals surface area contributed by atoms with Gasteiger partial charge in [-0.05, 0) is 25.4 Å². The van der Waals surface area contributed by atoms with E-state index in [1.54, 1.807) is 4.90 Å². The second-order valence-electron chi connectivity index (χ2n) is 3.09. The van der Waals surface area contributed by atoms with Gasteiger partial charge in [-0.15, -0.1) is 0 Å². The highest BCUT2D eigenvalue weighted by Gasteiger charge is 2.12. The zero-order valence-corrected chi connectivity index (χ0v) is 10.2. The van der Waals surface area contributed by atoms with Gasteiger partial charge in [0.05, 0.1) is 12.8 Å². The van der Waals surface area contributed by atoms with Gasteiger partial charge in [0.1, 0.15) is 0 Å². The highest BCUT2D eigenvalue weighted by Crippen LogP contribution is 2.16. The fourth-order valence-electron chi connectivity index (χ4n) is 1.29. The van der Waals surface area contributed by atoms with E-state index in [1.165, 1.54) is 0 Å². The molecule has 0 aliphatic rings. The van der Waals surface area contributed by atoms with E-state index in [0.717, 1.165) is 6.20 Å². The summed E-state index contributed by atoms with van der Waals surface area (Å²) >= 11 is 5.63. The maximum atomic E-state index is 13.4. The van der Waals surface area contributed by atoms with E-state index in [9.17, 15) is 4.39 Å². The normalized spacial score (nSPS) is 10.5. The predicted octanol–water partition coefficient (Wildman–Crippen LogP) is 2.13. The molecule has 90 valence electrons. The van der Waals surface area contributed by atoms with Crippen molar-refractivity contribution < 1.29 is 9.13 Å². The molecule has 1 rings (SSSR count). The minimum Gasteiger partial charge on any atom is -0.380 e. The van der Waals surface area contributed by atoms with Crippen molar-refractivity contribution in [2.24, 2.45) is 0 Å². The van der Waals surface area contributed by atoms with Crippen LogP contribution in [-0.2, 0) is 4.74 Å². The molecule has 6 heteroatoms. The quantitative estimate of drug-likeness (QED) is 0.570. The van der Waals surface area contributed by atoms with E-state index in [2.05, 4.69) is 9.97 Å². The molecule has 0 fully saturated rings. The van der Waals surface area contributed by atoms with Crippen LogP contribution >= 0.6 is 11.6 Å². The summed E-state index contributed by atoms with van der Waals surface area (Å²) in [4.78, 5) is 9.21. The van der Waals surface area contributed by atoms with Gasteiger partial charge in [-0.2, -0.15) is 4.98 Å². The van der Waals surface area contributed by atoms with Crippen molar-refractivity contribution in [2.45, 2.75) is 13.8 Å². The number of nitrogens with zero attached hydrogens (tertiary/aromatic N) is 3. The van der Waals surface area contributed by atoms with Gasteiger partial charge >= 0.3 is 0 Å². The Morgan fingerprint density at radius 2 is 2.25 bits per heavy atom. The molecule has 4 nitrogen and oxygen atoms in total. The Hall–Kier alpha value is -0.940.